The SMILES string of the molecule is C/P=C(\NCC1CCN(CC(=O)CN2CCCC(O)C2)CC1)c1cc(C(F)(F)F)cc(C(F)(F)F)c1. The summed E-state index contributed by atoms with van der Waals surface area (Å²) in [5, 5.41) is 12.8. The molecular formula is C24H32F6N3O2P. The Morgan fingerprint density at radius 1 is 0.972 bits per heavy atom. The molecule has 2 saturated heterocycles. The number of carbonyl (C=O) groups excluding carboxylic acids is 1. The molecule has 0 saturated carbocycles. The summed E-state index contributed by atoms with van der Waals surface area (Å²) in [6.45, 7) is 5.47. The molecule has 5 nitrogen and oxygen atoms in total. The van der Waals surface area contributed by atoms with E-state index in [1.807, 2.05) is 4.90 Å². The molecule has 0 bridgehead atoms. The molecule has 1 atom stereocenters. The van der Waals surface area contributed by atoms with Crippen molar-refractivity contribution in [3.8, 4) is 0 Å². The van der Waals surface area contributed by atoms with Crippen molar-refractivity contribution in [2.24, 2.45) is 5.92 Å². The summed E-state index contributed by atoms with van der Waals surface area (Å²) in [6.07, 6.45) is -6.97. The molecule has 12 heteroatoms. The molecule has 2 N–H and O–H groups in total. The van der Waals surface area contributed by atoms with E-state index in [0.717, 1.165) is 44.4 Å². The number of rotatable bonds is 8. The number of carbonyl (C=O) groups is 1. The lowest BCUT2D eigenvalue weighted by molar-refractivity contribution is -0.143. The fraction of sp³-hybridized carbons (Fsp3) is 0.667. The molecule has 0 amide bonds. The lowest BCUT2D eigenvalue weighted by Crippen LogP contribution is -2.45. The number of likely N-dealkylation sites (tertiary alicyclic amines) is 2. The second kappa shape index (κ2) is 12.3. The Morgan fingerprint density at radius 3 is 2.08 bits per heavy atom. The van der Waals surface area contributed by atoms with Crippen molar-refractivity contribution in [1.82, 2.24) is 15.1 Å². The summed E-state index contributed by atoms with van der Waals surface area (Å²) >= 11 is 0. The van der Waals surface area contributed by atoms with Crippen LogP contribution in [0.2, 0.25) is 0 Å². The first-order valence-corrected chi connectivity index (χ1v) is 13.3. The minimum atomic E-state index is -4.89. The van der Waals surface area contributed by atoms with Gasteiger partial charge in [0.15, 0.2) is 5.78 Å². The summed E-state index contributed by atoms with van der Waals surface area (Å²) in [5.41, 5.74) is -2.46. The summed E-state index contributed by atoms with van der Waals surface area (Å²) in [4.78, 5) is 16.5. The Balaban J connectivity index is 1.52. The van der Waals surface area contributed by atoms with Crippen LogP contribution >= 0.6 is 8.20 Å². The Hall–Kier alpha value is -1.52. The van der Waals surface area contributed by atoms with Gasteiger partial charge in [0.25, 0.3) is 0 Å². The lowest BCUT2D eigenvalue weighted by atomic mass is 9.96. The molecule has 202 valence electrons. The predicted molar refractivity (Wildman–Crippen MR) is 127 cm³/mol. The van der Waals surface area contributed by atoms with Gasteiger partial charge in [0.1, 0.15) is 0 Å². The summed E-state index contributed by atoms with van der Waals surface area (Å²) in [6, 6.07) is 1.64. The minimum absolute atomic E-state index is 0.103. The van der Waals surface area contributed by atoms with Gasteiger partial charge in [0.2, 0.25) is 0 Å². The Morgan fingerprint density at radius 2 is 1.56 bits per heavy atom. The third-order valence-electron chi connectivity index (χ3n) is 6.63. The standard InChI is InChI=1S/C24H32F6N3O2P/c1-36-22(17-9-18(23(25,26)27)11-19(10-17)24(28,29)30)31-12-16-4-7-32(8-5-16)14-21(35)15-33-6-2-3-20(34)13-33/h9-11,16,20,31,34H,2-8,12-15H2,1H3. The van der Waals surface area contributed by atoms with Crippen molar-refractivity contribution >= 4 is 19.4 Å². The first-order chi connectivity index (χ1) is 16.8. The van der Waals surface area contributed by atoms with Crippen LogP contribution in [0.5, 0.6) is 0 Å². The fourth-order valence-corrected chi connectivity index (χ4v) is 5.35. The maximum Gasteiger partial charge on any atom is 0.416 e. The second-order valence-corrected chi connectivity index (χ2v) is 10.4. The van der Waals surface area contributed by atoms with E-state index < -0.39 is 23.5 Å². The van der Waals surface area contributed by atoms with Gasteiger partial charge in [-0.05, 0) is 81.7 Å². The zero-order chi connectivity index (χ0) is 26.5. The van der Waals surface area contributed by atoms with E-state index in [1.165, 1.54) is 0 Å². The van der Waals surface area contributed by atoms with Crippen molar-refractivity contribution in [2.45, 2.75) is 44.1 Å². The zero-order valence-corrected chi connectivity index (χ0v) is 21.0. The second-order valence-electron chi connectivity index (χ2n) is 9.54. The smallest absolute Gasteiger partial charge is 0.392 e. The molecule has 36 heavy (non-hydrogen) atoms. The average molecular weight is 540 g/mol. The molecule has 2 fully saturated rings. The van der Waals surface area contributed by atoms with Gasteiger partial charge in [-0.1, -0.05) is 8.20 Å². The molecular weight excluding hydrogens is 507 g/mol. The van der Waals surface area contributed by atoms with Crippen LogP contribution in [0.15, 0.2) is 18.2 Å². The number of alkyl halides is 6. The number of Topliss-reactive ketones (excluding diaryl/α,β-unsaturated/α-hetero) is 1. The number of nitrogens with zero attached hydrogens (tertiary/aromatic N) is 2. The van der Waals surface area contributed by atoms with Crippen molar-refractivity contribution < 1.29 is 36.2 Å². The van der Waals surface area contributed by atoms with Crippen molar-refractivity contribution in [1.29, 1.82) is 0 Å². The van der Waals surface area contributed by atoms with Gasteiger partial charge in [-0.25, -0.2) is 0 Å². The number of aliphatic hydroxyl groups is 1. The molecule has 2 aliphatic rings. The fourth-order valence-electron chi connectivity index (χ4n) is 4.72. The molecule has 3 rings (SSSR count). The van der Waals surface area contributed by atoms with Gasteiger partial charge in [0.05, 0.1) is 30.3 Å². The minimum Gasteiger partial charge on any atom is -0.392 e. The first-order valence-electron chi connectivity index (χ1n) is 12.0. The van der Waals surface area contributed by atoms with E-state index in [1.54, 1.807) is 6.66 Å². The molecule has 2 heterocycles. The Bertz CT molecular complexity index is 897. The molecule has 1 aromatic carbocycles. The number of nitrogens with one attached hydrogen (secondary N) is 1. The largest absolute Gasteiger partial charge is 0.416 e. The first kappa shape index (κ1) is 29.0. The summed E-state index contributed by atoms with van der Waals surface area (Å²) in [7, 11) is 0.530. The highest BCUT2D eigenvalue weighted by Crippen LogP contribution is 2.36. The van der Waals surface area contributed by atoms with Crippen LogP contribution in [0.25, 0.3) is 0 Å². The number of hydrogen-bond acceptors (Lipinski definition) is 4. The van der Waals surface area contributed by atoms with Crippen molar-refractivity contribution in [3.05, 3.63) is 34.9 Å². The van der Waals surface area contributed by atoms with Gasteiger partial charge in [-0.15, -0.1) is 0 Å². The van der Waals surface area contributed by atoms with Crippen LogP contribution in [0.4, 0.5) is 26.3 Å². The van der Waals surface area contributed by atoms with Crippen LogP contribution in [-0.2, 0) is 17.1 Å². The third-order valence-corrected chi connectivity index (χ3v) is 7.49. The van der Waals surface area contributed by atoms with Gasteiger partial charge in [-0.3, -0.25) is 19.9 Å². The number of halogens is 6. The van der Waals surface area contributed by atoms with E-state index in [-0.39, 0.29) is 29.4 Å². The number of benzene rings is 1. The maximum absolute atomic E-state index is 13.2. The average Bonchev–Trinajstić information content (AvgIpc) is 2.79. The molecule has 0 spiro atoms. The Kier molecular flexibility index (Phi) is 9.96. The molecule has 1 unspecified atom stereocenters. The van der Waals surface area contributed by atoms with Crippen LogP contribution in [0.1, 0.15) is 42.4 Å². The quantitative estimate of drug-likeness (QED) is 0.385. The van der Waals surface area contributed by atoms with Crippen molar-refractivity contribution in [3.63, 3.8) is 0 Å². The van der Waals surface area contributed by atoms with E-state index in [2.05, 4.69) is 10.2 Å². The molecule has 0 aromatic heterocycles. The highest BCUT2D eigenvalue weighted by atomic mass is 31.1. The number of β-amino-alcohol motifs (C(OH)–C–C–N with tert-alkyl or cyclic N) is 1. The van der Waals surface area contributed by atoms with Gasteiger partial charge < -0.3 is 5.11 Å². The number of ketones is 1. The maximum atomic E-state index is 13.2. The monoisotopic (exact) mass is 539 g/mol. The van der Waals surface area contributed by atoms with E-state index in [0.29, 0.717) is 52.9 Å². The van der Waals surface area contributed by atoms with Gasteiger partial charge in [0, 0.05) is 18.5 Å². The molecule has 0 radical (unpaired) electrons. The molecule has 2 aliphatic heterocycles. The third kappa shape index (κ3) is 8.52. The highest BCUT2D eigenvalue weighted by Gasteiger charge is 2.37. The molecule has 0 aliphatic carbocycles. The normalized spacial score (nSPS) is 21.7. The number of piperidine rings is 2. The van der Waals surface area contributed by atoms with Gasteiger partial charge >= 0.3 is 12.4 Å². The van der Waals surface area contributed by atoms with E-state index >= 15 is 0 Å². The number of aliphatic hydroxyl groups excluding tert-OH is 1. The van der Waals surface area contributed by atoms with Crippen LogP contribution in [0.3, 0.4) is 0 Å². The van der Waals surface area contributed by atoms with Crippen molar-refractivity contribution in [2.75, 3.05) is 52.5 Å². The predicted octanol–water partition coefficient (Wildman–Crippen LogP) is 4.11. The Labute approximate surface area is 208 Å². The molecule has 1 aromatic rings. The highest BCUT2D eigenvalue weighted by molar-refractivity contribution is 7.40. The van der Waals surface area contributed by atoms with Gasteiger partial charge in [-0.2, -0.15) is 26.3 Å². The zero-order valence-electron chi connectivity index (χ0n) is 20.1. The topological polar surface area (TPSA) is 55.8 Å². The van der Waals surface area contributed by atoms with E-state index in [9.17, 15) is 36.2 Å². The summed E-state index contributed by atoms with van der Waals surface area (Å²) < 4.78 is 79.3. The van der Waals surface area contributed by atoms with Crippen LogP contribution < -0.4 is 5.32 Å². The lowest BCUT2D eigenvalue weighted by Gasteiger charge is -2.33. The van der Waals surface area contributed by atoms with Crippen LogP contribution in [0, 0.1) is 5.92 Å². The van der Waals surface area contributed by atoms with Crippen LogP contribution in [-0.4, -0.2) is 84.7 Å². The van der Waals surface area contributed by atoms with E-state index in [4.69, 9.17) is 0 Å². The number of hydrogen-bond donors (Lipinski definition) is 2. The summed E-state index contributed by atoms with van der Waals surface area (Å²) in [5.74, 6) is 0.296.